The molecule has 0 spiro atoms. The van der Waals surface area contributed by atoms with Crippen LogP contribution in [0.25, 0.3) is 11.3 Å². The molecular formula is C17H21N3OS. The van der Waals surface area contributed by atoms with E-state index in [1.165, 1.54) is 17.0 Å². The van der Waals surface area contributed by atoms with Gasteiger partial charge in [0.2, 0.25) is 0 Å². The number of aromatic nitrogens is 2. The van der Waals surface area contributed by atoms with Gasteiger partial charge in [0.1, 0.15) is 0 Å². The molecular weight excluding hydrogens is 294 g/mol. The molecule has 1 aromatic heterocycles. The molecule has 2 saturated heterocycles. The second-order valence-electron chi connectivity index (χ2n) is 5.96. The predicted octanol–water partition coefficient (Wildman–Crippen LogP) is 2.78. The van der Waals surface area contributed by atoms with Crippen LogP contribution in [-0.4, -0.2) is 51.9 Å². The highest BCUT2D eigenvalue weighted by Crippen LogP contribution is 2.31. The molecule has 4 rings (SSSR count). The first-order chi connectivity index (χ1) is 10.9. The lowest BCUT2D eigenvalue weighted by atomic mass is 10.1. The molecule has 0 bridgehead atoms. The zero-order valence-electron chi connectivity index (χ0n) is 12.6. The summed E-state index contributed by atoms with van der Waals surface area (Å²) in [5.74, 6) is 1.20. The van der Waals surface area contributed by atoms with Crippen LogP contribution >= 0.6 is 11.8 Å². The van der Waals surface area contributed by atoms with Crippen molar-refractivity contribution in [1.29, 1.82) is 0 Å². The average Bonchev–Trinajstić information content (AvgIpc) is 3.05. The lowest BCUT2D eigenvalue weighted by Crippen LogP contribution is -2.51. The third-order valence-electron chi connectivity index (χ3n) is 4.52. The number of nitrogens with zero attached hydrogens (tertiary/aromatic N) is 2. The van der Waals surface area contributed by atoms with E-state index in [4.69, 9.17) is 4.74 Å². The molecule has 0 unspecified atom stereocenters. The Labute approximate surface area is 135 Å². The van der Waals surface area contributed by atoms with Gasteiger partial charge >= 0.3 is 0 Å². The fourth-order valence-corrected chi connectivity index (χ4v) is 4.74. The van der Waals surface area contributed by atoms with E-state index in [2.05, 4.69) is 57.2 Å². The highest BCUT2D eigenvalue weighted by molar-refractivity contribution is 8.00. The van der Waals surface area contributed by atoms with Crippen LogP contribution in [0, 0.1) is 0 Å². The molecule has 0 saturated carbocycles. The van der Waals surface area contributed by atoms with E-state index in [1.54, 1.807) is 0 Å². The fraction of sp³-hybridized carbons (Fsp3) is 0.471. The van der Waals surface area contributed by atoms with Crippen molar-refractivity contribution in [3.63, 3.8) is 0 Å². The number of ether oxygens (including phenoxy) is 1. The second kappa shape index (κ2) is 6.44. The molecule has 1 N–H and O–H groups in total. The standard InChI is InChI=1S/C17H21N3OS/c1-2-4-13(5-3-1)15-10-14(18-19-15)11-20-7-9-22-17-12-21-8-6-16(17)20/h1-5,10,16-17H,6-9,11-12H2,(H,18,19)/t16-,17+/m1/s1. The molecule has 4 nitrogen and oxygen atoms in total. The average molecular weight is 315 g/mol. The largest absolute Gasteiger partial charge is 0.380 e. The molecule has 0 amide bonds. The van der Waals surface area contributed by atoms with E-state index in [0.29, 0.717) is 11.3 Å². The maximum Gasteiger partial charge on any atom is 0.0924 e. The number of thioether (sulfide) groups is 1. The summed E-state index contributed by atoms with van der Waals surface area (Å²) in [6, 6.07) is 13.2. The number of H-pyrrole nitrogens is 1. The summed E-state index contributed by atoms with van der Waals surface area (Å²) in [5, 5.41) is 8.33. The highest BCUT2D eigenvalue weighted by atomic mass is 32.2. The van der Waals surface area contributed by atoms with Gasteiger partial charge in [-0.2, -0.15) is 16.9 Å². The van der Waals surface area contributed by atoms with Gasteiger partial charge in [-0.3, -0.25) is 10.00 Å². The number of benzene rings is 1. The Morgan fingerprint density at radius 3 is 3.14 bits per heavy atom. The van der Waals surface area contributed by atoms with Gasteiger partial charge in [-0.25, -0.2) is 0 Å². The van der Waals surface area contributed by atoms with Crippen LogP contribution in [0.15, 0.2) is 36.4 Å². The number of rotatable bonds is 3. The summed E-state index contributed by atoms with van der Waals surface area (Å²) >= 11 is 2.07. The summed E-state index contributed by atoms with van der Waals surface area (Å²) < 4.78 is 5.63. The Morgan fingerprint density at radius 2 is 2.23 bits per heavy atom. The number of hydrogen-bond acceptors (Lipinski definition) is 4. The van der Waals surface area contributed by atoms with Gasteiger partial charge in [0.15, 0.2) is 0 Å². The van der Waals surface area contributed by atoms with Crippen LogP contribution in [0.1, 0.15) is 12.1 Å². The molecule has 116 valence electrons. The maximum atomic E-state index is 5.63. The molecule has 0 aliphatic carbocycles. The zero-order chi connectivity index (χ0) is 14.8. The fourth-order valence-electron chi connectivity index (χ4n) is 3.38. The minimum Gasteiger partial charge on any atom is -0.380 e. The molecule has 2 aliphatic rings. The van der Waals surface area contributed by atoms with E-state index in [-0.39, 0.29) is 0 Å². The van der Waals surface area contributed by atoms with Crippen LogP contribution < -0.4 is 0 Å². The van der Waals surface area contributed by atoms with Crippen LogP contribution in [-0.2, 0) is 11.3 Å². The molecule has 2 atom stereocenters. The van der Waals surface area contributed by atoms with Crippen molar-refractivity contribution in [3.05, 3.63) is 42.1 Å². The molecule has 22 heavy (non-hydrogen) atoms. The van der Waals surface area contributed by atoms with Crippen molar-refractivity contribution in [2.45, 2.75) is 24.3 Å². The first kappa shape index (κ1) is 14.3. The topological polar surface area (TPSA) is 41.1 Å². The summed E-state index contributed by atoms with van der Waals surface area (Å²) in [6.07, 6.45) is 1.15. The Hall–Kier alpha value is -1.30. The second-order valence-corrected chi connectivity index (χ2v) is 7.30. The third-order valence-corrected chi connectivity index (χ3v) is 5.82. The molecule has 2 aliphatic heterocycles. The Bertz CT molecular complexity index is 613. The third kappa shape index (κ3) is 2.93. The summed E-state index contributed by atoms with van der Waals surface area (Å²) in [5.41, 5.74) is 3.41. The van der Waals surface area contributed by atoms with Gasteiger partial charge in [0, 0.05) is 48.0 Å². The van der Waals surface area contributed by atoms with E-state index in [9.17, 15) is 0 Å². The first-order valence-corrected chi connectivity index (χ1v) is 8.98. The number of nitrogens with one attached hydrogen (secondary N) is 1. The Kier molecular flexibility index (Phi) is 4.19. The van der Waals surface area contributed by atoms with Crippen molar-refractivity contribution in [2.75, 3.05) is 25.5 Å². The predicted molar refractivity (Wildman–Crippen MR) is 89.9 cm³/mol. The molecule has 0 radical (unpaired) electrons. The summed E-state index contributed by atoms with van der Waals surface area (Å²) in [6.45, 7) is 3.92. The molecule has 3 heterocycles. The monoisotopic (exact) mass is 315 g/mol. The maximum absolute atomic E-state index is 5.63. The minimum absolute atomic E-state index is 0.638. The van der Waals surface area contributed by atoms with Gasteiger partial charge in [0.05, 0.1) is 12.3 Å². The Balaban J connectivity index is 1.48. The van der Waals surface area contributed by atoms with E-state index in [1.807, 2.05) is 6.07 Å². The SMILES string of the molecule is c1ccc(-c2cc(CN3CCS[C@H]4COCC[C@H]43)[nH]n2)cc1. The lowest BCUT2D eigenvalue weighted by molar-refractivity contribution is 0.0347. The number of fused-ring (bicyclic) bond motifs is 1. The Morgan fingerprint density at radius 1 is 1.32 bits per heavy atom. The van der Waals surface area contributed by atoms with Crippen molar-refractivity contribution < 1.29 is 4.74 Å². The number of hydrogen-bond donors (Lipinski definition) is 1. The van der Waals surface area contributed by atoms with Crippen LogP contribution in [0.3, 0.4) is 0 Å². The molecule has 2 aromatic rings. The minimum atomic E-state index is 0.638. The number of aromatic amines is 1. The van der Waals surface area contributed by atoms with Gasteiger partial charge < -0.3 is 4.74 Å². The van der Waals surface area contributed by atoms with Crippen LogP contribution in [0.2, 0.25) is 0 Å². The van der Waals surface area contributed by atoms with Crippen LogP contribution in [0.5, 0.6) is 0 Å². The van der Waals surface area contributed by atoms with Crippen molar-refractivity contribution in [3.8, 4) is 11.3 Å². The van der Waals surface area contributed by atoms with Gasteiger partial charge in [-0.15, -0.1) is 0 Å². The highest BCUT2D eigenvalue weighted by Gasteiger charge is 2.34. The van der Waals surface area contributed by atoms with Crippen molar-refractivity contribution in [2.24, 2.45) is 0 Å². The van der Waals surface area contributed by atoms with Gasteiger partial charge in [-0.05, 0) is 12.5 Å². The van der Waals surface area contributed by atoms with Crippen molar-refractivity contribution in [1.82, 2.24) is 15.1 Å². The molecule has 2 fully saturated rings. The van der Waals surface area contributed by atoms with Crippen LogP contribution in [0.4, 0.5) is 0 Å². The lowest BCUT2D eigenvalue weighted by Gasteiger charge is -2.43. The van der Waals surface area contributed by atoms with Crippen molar-refractivity contribution >= 4 is 11.8 Å². The van der Waals surface area contributed by atoms with Gasteiger partial charge in [0.25, 0.3) is 0 Å². The van der Waals surface area contributed by atoms with E-state index < -0.39 is 0 Å². The molecule has 1 aromatic carbocycles. The van der Waals surface area contributed by atoms with Gasteiger partial charge in [-0.1, -0.05) is 30.3 Å². The summed E-state index contributed by atoms with van der Waals surface area (Å²) in [4.78, 5) is 2.60. The normalized spacial score (nSPS) is 25.8. The zero-order valence-corrected chi connectivity index (χ0v) is 13.4. The molecule has 5 heteroatoms. The first-order valence-electron chi connectivity index (χ1n) is 7.93. The summed E-state index contributed by atoms with van der Waals surface area (Å²) in [7, 11) is 0. The van der Waals surface area contributed by atoms with E-state index >= 15 is 0 Å². The quantitative estimate of drug-likeness (QED) is 0.945. The van der Waals surface area contributed by atoms with E-state index in [0.717, 1.165) is 38.4 Å². The smallest absolute Gasteiger partial charge is 0.0924 e.